The molecule has 0 saturated heterocycles. The second kappa shape index (κ2) is 5.71. The van der Waals surface area contributed by atoms with E-state index in [1.807, 2.05) is 6.92 Å². The van der Waals surface area contributed by atoms with Gasteiger partial charge in [0.2, 0.25) is 10.0 Å². The minimum Gasteiger partial charge on any atom is -0.481 e. The maximum absolute atomic E-state index is 12.3. The van der Waals surface area contributed by atoms with E-state index < -0.39 is 28.0 Å². The Morgan fingerprint density at radius 2 is 2.10 bits per heavy atom. The van der Waals surface area contributed by atoms with Gasteiger partial charge in [-0.05, 0) is 37.5 Å². The molecule has 2 unspecified atom stereocenters. The molecule has 5 nitrogen and oxygen atoms in total. The van der Waals surface area contributed by atoms with Crippen LogP contribution in [0.3, 0.4) is 0 Å². The molecule has 1 saturated carbocycles. The molecular formula is C13H16ClNO4S. The van der Waals surface area contributed by atoms with Crippen LogP contribution in [-0.2, 0) is 14.8 Å². The van der Waals surface area contributed by atoms with Crippen LogP contribution >= 0.6 is 11.6 Å². The van der Waals surface area contributed by atoms with Crippen LogP contribution in [0, 0.1) is 12.8 Å². The quantitative estimate of drug-likeness (QED) is 0.891. The number of benzene rings is 1. The second-order valence-electron chi connectivity index (χ2n) is 5.04. The molecule has 20 heavy (non-hydrogen) atoms. The SMILES string of the molecule is Cc1ccc(S(=O)(=O)NC2CCCC2C(=O)O)c(Cl)c1. The zero-order chi connectivity index (χ0) is 14.9. The van der Waals surface area contributed by atoms with Crippen LogP contribution in [-0.4, -0.2) is 25.5 Å². The van der Waals surface area contributed by atoms with Crippen molar-refractivity contribution >= 4 is 27.6 Å². The highest BCUT2D eigenvalue weighted by Crippen LogP contribution is 2.29. The van der Waals surface area contributed by atoms with E-state index in [1.54, 1.807) is 12.1 Å². The summed E-state index contributed by atoms with van der Waals surface area (Å²) in [4.78, 5) is 11.1. The average molecular weight is 318 g/mol. The van der Waals surface area contributed by atoms with Crippen molar-refractivity contribution in [2.75, 3.05) is 0 Å². The highest BCUT2D eigenvalue weighted by molar-refractivity contribution is 7.89. The number of carboxylic acids is 1. The molecule has 0 bridgehead atoms. The molecule has 0 heterocycles. The monoisotopic (exact) mass is 317 g/mol. The molecule has 0 aliphatic heterocycles. The number of hydrogen-bond donors (Lipinski definition) is 2. The fraction of sp³-hybridized carbons (Fsp3) is 0.462. The topological polar surface area (TPSA) is 83.5 Å². The number of carbonyl (C=O) groups is 1. The Labute approximate surface area is 123 Å². The van der Waals surface area contributed by atoms with Gasteiger partial charge >= 0.3 is 5.97 Å². The zero-order valence-electron chi connectivity index (χ0n) is 11.0. The molecule has 0 radical (unpaired) electrons. The maximum atomic E-state index is 12.3. The Morgan fingerprint density at radius 3 is 2.70 bits per heavy atom. The second-order valence-corrected chi connectivity index (χ2v) is 7.13. The lowest BCUT2D eigenvalue weighted by molar-refractivity contribution is -0.141. The summed E-state index contributed by atoms with van der Waals surface area (Å²) in [6, 6.07) is 4.09. The van der Waals surface area contributed by atoms with Gasteiger partial charge in [0.25, 0.3) is 0 Å². The molecule has 2 N–H and O–H groups in total. The maximum Gasteiger partial charge on any atom is 0.308 e. The molecule has 1 aromatic rings. The van der Waals surface area contributed by atoms with E-state index in [4.69, 9.17) is 16.7 Å². The van der Waals surface area contributed by atoms with Crippen LogP contribution in [0.5, 0.6) is 0 Å². The van der Waals surface area contributed by atoms with Gasteiger partial charge in [-0.15, -0.1) is 0 Å². The summed E-state index contributed by atoms with van der Waals surface area (Å²) in [5, 5.41) is 9.22. The normalized spacial score (nSPS) is 22.9. The number of carboxylic acid groups (broad SMARTS) is 1. The van der Waals surface area contributed by atoms with Gasteiger partial charge in [-0.2, -0.15) is 0 Å². The predicted octanol–water partition coefficient (Wildman–Crippen LogP) is 2.18. The average Bonchev–Trinajstić information content (AvgIpc) is 2.75. The van der Waals surface area contributed by atoms with Crippen LogP contribution in [0.25, 0.3) is 0 Å². The van der Waals surface area contributed by atoms with Crippen molar-refractivity contribution in [3.05, 3.63) is 28.8 Å². The number of halogens is 1. The Balaban J connectivity index is 2.25. The van der Waals surface area contributed by atoms with Crippen LogP contribution in [0.4, 0.5) is 0 Å². The fourth-order valence-electron chi connectivity index (χ4n) is 2.48. The third kappa shape index (κ3) is 3.13. The fourth-order valence-corrected chi connectivity index (χ4v) is 4.39. The Bertz CT molecular complexity index is 629. The summed E-state index contributed by atoms with van der Waals surface area (Å²) < 4.78 is 27.1. The lowest BCUT2D eigenvalue weighted by Gasteiger charge is -2.18. The van der Waals surface area contributed by atoms with Crippen molar-refractivity contribution < 1.29 is 18.3 Å². The standard InChI is InChI=1S/C13H16ClNO4S/c1-8-5-6-12(10(14)7-8)20(18,19)15-11-4-2-3-9(11)13(16)17/h5-7,9,11,15H,2-4H2,1H3,(H,16,17). The summed E-state index contributed by atoms with van der Waals surface area (Å²) in [6.45, 7) is 1.81. The molecule has 110 valence electrons. The van der Waals surface area contributed by atoms with E-state index in [0.717, 1.165) is 5.56 Å². The van der Waals surface area contributed by atoms with Crippen LogP contribution in [0.15, 0.2) is 23.1 Å². The first kappa shape index (κ1) is 15.3. The number of nitrogens with one attached hydrogen (secondary N) is 1. The molecular weight excluding hydrogens is 302 g/mol. The highest BCUT2D eigenvalue weighted by Gasteiger charge is 2.36. The molecule has 0 spiro atoms. The van der Waals surface area contributed by atoms with E-state index in [9.17, 15) is 13.2 Å². The van der Waals surface area contributed by atoms with Crippen molar-refractivity contribution in [2.24, 2.45) is 5.92 Å². The number of aliphatic carboxylic acids is 1. The largest absolute Gasteiger partial charge is 0.481 e. The van der Waals surface area contributed by atoms with Gasteiger partial charge in [-0.3, -0.25) is 4.79 Å². The molecule has 1 aromatic carbocycles. The van der Waals surface area contributed by atoms with Gasteiger partial charge in [0.1, 0.15) is 4.90 Å². The molecule has 0 amide bonds. The van der Waals surface area contributed by atoms with Crippen molar-refractivity contribution in [3.8, 4) is 0 Å². The minimum atomic E-state index is -3.80. The molecule has 2 atom stereocenters. The summed E-state index contributed by atoms with van der Waals surface area (Å²) in [7, 11) is -3.80. The van der Waals surface area contributed by atoms with E-state index in [1.165, 1.54) is 6.07 Å². The highest BCUT2D eigenvalue weighted by atomic mass is 35.5. The van der Waals surface area contributed by atoms with Gasteiger partial charge in [-0.25, -0.2) is 13.1 Å². The molecule has 2 rings (SSSR count). The number of sulfonamides is 1. The van der Waals surface area contributed by atoms with E-state index in [-0.39, 0.29) is 9.92 Å². The van der Waals surface area contributed by atoms with E-state index in [0.29, 0.717) is 19.3 Å². The summed E-state index contributed by atoms with van der Waals surface area (Å²) in [5.74, 6) is -1.64. The third-order valence-corrected chi connectivity index (χ3v) is 5.49. The van der Waals surface area contributed by atoms with E-state index in [2.05, 4.69) is 4.72 Å². The Hall–Kier alpha value is -1.11. The van der Waals surface area contributed by atoms with Gasteiger partial charge in [0, 0.05) is 6.04 Å². The number of hydrogen-bond acceptors (Lipinski definition) is 3. The van der Waals surface area contributed by atoms with Crippen LogP contribution in [0.1, 0.15) is 24.8 Å². The number of rotatable bonds is 4. The first-order valence-electron chi connectivity index (χ1n) is 6.32. The molecule has 1 fully saturated rings. The van der Waals surface area contributed by atoms with Gasteiger partial charge in [0.05, 0.1) is 10.9 Å². The first-order valence-corrected chi connectivity index (χ1v) is 8.18. The summed E-state index contributed by atoms with van der Waals surface area (Å²) >= 11 is 5.96. The smallest absolute Gasteiger partial charge is 0.308 e. The molecule has 7 heteroatoms. The van der Waals surface area contributed by atoms with Gasteiger partial charge < -0.3 is 5.11 Å². The molecule has 0 aromatic heterocycles. The summed E-state index contributed by atoms with van der Waals surface area (Å²) in [5.41, 5.74) is 0.859. The Morgan fingerprint density at radius 1 is 1.40 bits per heavy atom. The zero-order valence-corrected chi connectivity index (χ0v) is 12.5. The predicted molar refractivity (Wildman–Crippen MR) is 75.3 cm³/mol. The van der Waals surface area contributed by atoms with Gasteiger partial charge in [0.15, 0.2) is 0 Å². The van der Waals surface area contributed by atoms with Crippen molar-refractivity contribution in [3.63, 3.8) is 0 Å². The van der Waals surface area contributed by atoms with Crippen molar-refractivity contribution in [1.29, 1.82) is 0 Å². The molecule has 1 aliphatic carbocycles. The Kier molecular flexibility index (Phi) is 4.36. The third-order valence-electron chi connectivity index (χ3n) is 3.52. The van der Waals surface area contributed by atoms with Gasteiger partial charge in [-0.1, -0.05) is 24.1 Å². The summed E-state index contributed by atoms with van der Waals surface area (Å²) in [6.07, 6.45) is 1.72. The minimum absolute atomic E-state index is 0.0131. The lowest BCUT2D eigenvalue weighted by Crippen LogP contribution is -2.40. The molecule has 1 aliphatic rings. The first-order chi connectivity index (χ1) is 9.31. The lowest BCUT2D eigenvalue weighted by atomic mass is 10.1. The van der Waals surface area contributed by atoms with Crippen molar-refractivity contribution in [1.82, 2.24) is 4.72 Å². The number of aryl methyl sites for hydroxylation is 1. The van der Waals surface area contributed by atoms with Crippen LogP contribution in [0.2, 0.25) is 5.02 Å². The van der Waals surface area contributed by atoms with E-state index >= 15 is 0 Å². The van der Waals surface area contributed by atoms with Crippen LogP contribution < -0.4 is 4.72 Å². The van der Waals surface area contributed by atoms with Crippen molar-refractivity contribution in [2.45, 2.75) is 37.1 Å².